The minimum absolute atomic E-state index is 0.271. The summed E-state index contributed by atoms with van der Waals surface area (Å²) in [5.74, 6) is -2.97. The maximum absolute atomic E-state index is 11.1. The van der Waals surface area contributed by atoms with Crippen LogP contribution in [0.15, 0.2) is 46.6 Å². The van der Waals surface area contributed by atoms with Gasteiger partial charge in [-0.3, -0.25) is 9.59 Å². The number of aliphatic carboxylic acids is 2. The molecule has 0 aromatic carbocycles. The van der Waals surface area contributed by atoms with Gasteiger partial charge < -0.3 is 10.2 Å². The van der Waals surface area contributed by atoms with Gasteiger partial charge in [0, 0.05) is 0 Å². The highest BCUT2D eigenvalue weighted by atomic mass is 16.4. The van der Waals surface area contributed by atoms with E-state index in [1.54, 1.807) is 0 Å². The lowest BCUT2D eigenvalue weighted by molar-refractivity contribution is -0.148. The van der Waals surface area contributed by atoms with E-state index < -0.39 is 17.9 Å². The highest BCUT2D eigenvalue weighted by molar-refractivity contribution is 5.77. The quantitative estimate of drug-likeness (QED) is 0.324. The first-order chi connectivity index (χ1) is 13.1. The average Bonchev–Trinajstić information content (AvgIpc) is 2.57. The van der Waals surface area contributed by atoms with E-state index in [4.69, 9.17) is 10.2 Å². The molecule has 0 radical (unpaired) electrons. The summed E-state index contributed by atoms with van der Waals surface area (Å²) in [7, 11) is 0. The van der Waals surface area contributed by atoms with Crippen LogP contribution in [0.5, 0.6) is 0 Å². The molecule has 0 bridgehead atoms. The molecule has 2 N–H and O–H groups in total. The van der Waals surface area contributed by atoms with Gasteiger partial charge in [-0.15, -0.1) is 0 Å². The zero-order valence-electron chi connectivity index (χ0n) is 18.3. The van der Waals surface area contributed by atoms with Crippen LogP contribution in [0, 0.1) is 5.92 Å². The fourth-order valence-corrected chi connectivity index (χ4v) is 2.81. The second kappa shape index (κ2) is 14.9. The summed E-state index contributed by atoms with van der Waals surface area (Å²) >= 11 is 0. The Bertz CT molecular complexity index is 617. The number of carboxylic acid groups (broad SMARTS) is 2. The summed E-state index contributed by atoms with van der Waals surface area (Å²) in [5.41, 5.74) is 5.29. The molecule has 0 heterocycles. The van der Waals surface area contributed by atoms with E-state index in [9.17, 15) is 9.59 Å². The van der Waals surface area contributed by atoms with Gasteiger partial charge >= 0.3 is 11.9 Å². The molecule has 0 aliphatic heterocycles. The van der Waals surface area contributed by atoms with Crippen molar-refractivity contribution in [3.63, 3.8) is 0 Å². The van der Waals surface area contributed by atoms with Crippen LogP contribution in [0.1, 0.15) is 86.0 Å². The van der Waals surface area contributed by atoms with Crippen molar-refractivity contribution in [1.82, 2.24) is 0 Å². The standard InChI is InChI=1S/C24H38O4/c1-18(2)9-6-10-19(3)11-7-12-20(4)13-8-14-21(5)15-16-22(24(27)28)17-23(25)26/h9,11,13,15,22H,6-8,10,12,14,16-17H2,1-5H3,(H,25,26)(H,27,28)/b19-11+,20-13+,21-15-. The highest BCUT2D eigenvalue weighted by Crippen LogP contribution is 2.16. The van der Waals surface area contributed by atoms with Gasteiger partial charge in [0.05, 0.1) is 12.3 Å². The molecule has 0 aliphatic carbocycles. The molecule has 0 aromatic heterocycles. The molecule has 0 rings (SSSR count). The van der Waals surface area contributed by atoms with Crippen LogP contribution >= 0.6 is 0 Å². The van der Waals surface area contributed by atoms with Gasteiger partial charge in [-0.05, 0) is 79.6 Å². The van der Waals surface area contributed by atoms with E-state index in [1.165, 1.54) is 16.7 Å². The van der Waals surface area contributed by atoms with Crippen molar-refractivity contribution in [3.05, 3.63) is 46.6 Å². The van der Waals surface area contributed by atoms with E-state index >= 15 is 0 Å². The number of rotatable bonds is 14. The molecule has 4 nitrogen and oxygen atoms in total. The summed E-state index contributed by atoms with van der Waals surface area (Å²) in [5, 5.41) is 17.8. The third kappa shape index (κ3) is 15.0. The smallest absolute Gasteiger partial charge is 0.307 e. The monoisotopic (exact) mass is 390 g/mol. The molecular weight excluding hydrogens is 352 g/mol. The Morgan fingerprint density at radius 1 is 0.714 bits per heavy atom. The molecule has 0 saturated heterocycles. The minimum atomic E-state index is -1.07. The molecule has 0 saturated carbocycles. The molecule has 1 atom stereocenters. The number of allylic oxidation sites excluding steroid dienone is 8. The molecule has 0 aromatic rings. The fourth-order valence-electron chi connectivity index (χ4n) is 2.81. The maximum atomic E-state index is 11.1. The van der Waals surface area contributed by atoms with Crippen molar-refractivity contribution in [2.45, 2.75) is 86.0 Å². The van der Waals surface area contributed by atoms with Crippen molar-refractivity contribution >= 4 is 11.9 Å². The predicted octanol–water partition coefficient (Wildman–Crippen LogP) is 6.70. The van der Waals surface area contributed by atoms with Crippen molar-refractivity contribution in [2.24, 2.45) is 5.92 Å². The molecular formula is C24H38O4. The van der Waals surface area contributed by atoms with Crippen LogP contribution in [0.2, 0.25) is 0 Å². The first kappa shape index (κ1) is 25.9. The van der Waals surface area contributed by atoms with Gasteiger partial charge in [0.15, 0.2) is 0 Å². The molecule has 0 amide bonds. The van der Waals surface area contributed by atoms with Crippen LogP contribution in [-0.4, -0.2) is 22.2 Å². The van der Waals surface area contributed by atoms with Crippen LogP contribution in [-0.2, 0) is 9.59 Å². The van der Waals surface area contributed by atoms with Crippen molar-refractivity contribution in [1.29, 1.82) is 0 Å². The fraction of sp³-hybridized carbons (Fsp3) is 0.583. The maximum Gasteiger partial charge on any atom is 0.307 e. The third-order valence-corrected chi connectivity index (χ3v) is 4.68. The lowest BCUT2D eigenvalue weighted by atomic mass is 9.99. The second-order valence-electron chi connectivity index (χ2n) is 7.92. The molecule has 28 heavy (non-hydrogen) atoms. The first-order valence-corrected chi connectivity index (χ1v) is 10.2. The second-order valence-corrected chi connectivity index (χ2v) is 7.92. The summed E-state index contributed by atoms with van der Waals surface area (Å²) in [4.78, 5) is 21.8. The SMILES string of the molecule is CC(C)=CCC/C(C)=C/CC/C(C)=C/CC/C(C)=C\CC(CC(=O)O)C(=O)O. The number of hydrogen-bond donors (Lipinski definition) is 2. The van der Waals surface area contributed by atoms with E-state index in [2.05, 4.69) is 45.9 Å². The van der Waals surface area contributed by atoms with Gasteiger partial charge in [-0.25, -0.2) is 0 Å². The predicted molar refractivity (Wildman–Crippen MR) is 116 cm³/mol. The average molecular weight is 391 g/mol. The van der Waals surface area contributed by atoms with Crippen LogP contribution < -0.4 is 0 Å². The molecule has 0 aliphatic rings. The summed E-state index contributed by atoms with van der Waals surface area (Å²) < 4.78 is 0. The minimum Gasteiger partial charge on any atom is -0.481 e. The Hall–Kier alpha value is -2.10. The molecule has 4 heteroatoms. The van der Waals surface area contributed by atoms with E-state index in [0.717, 1.165) is 44.1 Å². The molecule has 1 unspecified atom stereocenters. The van der Waals surface area contributed by atoms with Crippen molar-refractivity contribution in [3.8, 4) is 0 Å². The van der Waals surface area contributed by atoms with Crippen molar-refractivity contribution < 1.29 is 19.8 Å². The Labute approximate surface area is 170 Å². The third-order valence-electron chi connectivity index (χ3n) is 4.68. The van der Waals surface area contributed by atoms with Gasteiger partial charge in [-0.2, -0.15) is 0 Å². The number of hydrogen-bond acceptors (Lipinski definition) is 2. The zero-order chi connectivity index (χ0) is 21.5. The summed E-state index contributed by atoms with van der Waals surface area (Å²) in [6.45, 7) is 10.6. The summed E-state index contributed by atoms with van der Waals surface area (Å²) in [6, 6.07) is 0. The lowest BCUT2D eigenvalue weighted by Crippen LogP contribution is -2.17. The zero-order valence-corrected chi connectivity index (χ0v) is 18.3. The van der Waals surface area contributed by atoms with Gasteiger partial charge in [0.1, 0.15) is 0 Å². The van der Waals surface area contributed by atoms with Crippen molar-refractivity contribution in [2.75, 3.05) is 0 Å². The van der Waals surface area contributed by atoms with E-state index in [-0.39, 0.29) is 12.8 Å². The Balaban J connectivity index is 4.26. The normalized spacial score (nSPS) is 14.0. The highest BCUT2D eigenvalue weighted by Gasteiger charge is 2.19. The van der Waals surface area contributed by atoms with Gasteiger partial charge in [0.2, 0.25) is 0 Å². The van der Waals surface area contributed by atoms with E-state index in [1.807, 2.05) is 13.0 Å². The molecule has 0 spiro atoms. The van der Waals surface area contributed by atoms with E-state index in [0.29, 0.717) is 0 Å². The topological polar surface area (TPSA) is 74.6 Å². The number of carboxylic acids is 2. The number of carbonyl (C=O) groups is 2. The molecule has 0 fully saturated rings. The Kier molecular flexibility index (Phi) is 13.8. The van der Waals surface area contributed by atoms with Crippen LogP contribution in [0.3, 0.4) is 0 Å². The Morgan fingerprint density at radius 2 is 1.14 bits per heavy atom. The summed E-state index contributed by atoms with van der Waals surface area (Å²) in [6.07, 6.45) is 14.8. The van der Waals surface area contributed by atoms with Gasteiger partial charge in [-0.1, -0.05) is 46.6 Å². The lowest BCUT2D eigenvalue weighted by Gasteiger charge is -2.07. The van der Waals surface area contributed by atoms with Gasteiger partial charge in [0.25, 0.3) is 0 Å². The van der Waals surface area contributed by atoms with Crippen LogP contribution in [0.4, 0.5) is 0 Å². The molecule has 158 valence electrons. The largest absolute Gasteiger partial charge is 0.481 e. The van der Waals surface area contributed by atoms with Crippen LogP contribution in [0.25, 0.3) is 0 Å². The Morgan fingerprint density at radius 3 is 1.54 bits per heavy atom. The first-order valence-electron chi connectivity index (χ1n) is 10.2.